The first-order valence-electron chi connectivity index (χ1n) is 9.14. The number of ether oxygens (including phenoxy) is 1. The Morgan fingerprint density at radius 1 is 1.19 bits per heavy atom. The third-order valence-corrected chi connectivity index (χ3v) is 4.92. The van der Waals surface area contributed by atoms with Crippen molar-refractivity contribution in [1.29, 1.82) is 0 Å². The van der Waals surface area contributed by atoms with Crippen LogP contribution in [0.15, 0.2) is 28.8 Å². The zero-order valence-electron chi connectivity index (χ0n) is 16.3. The number of aryl methyl sites for hydroxylation is 2. The van der Waals surface area contributed by atoms with Gasteiger partial charge in [0.1, 0.15) is 17.3 Å². The number of nitrogens with zero attached hydrogens (tertiary/aromatic N) is 3. The molecule has 7 heteroatoms. The molecule has 0 spiro atoms. The largest absolute Gasteiger partial charge is 0.478 e. The Morgan fingerprint density at radius 3 is 2.37 bits per heavy atom. The summed E-state index contributed by atoms with van der Waals surface area (Å²) in [6.45, 7) is 11.0. The average molecular weight is 375 g/mol. The van der Waals surface area contributed by atoms with E-state index in [1.54, 1.807) is 13.8 Å². The van der Waals surface area contributed by atoms with Crippen LogP contribution in [0.25, 0.3) is 0 Å². The van der Waals surface area contributed by atoms with Crippen LogP contribution in [0.2, 0.25) is 0 Å². The van der Waals surface area contributed by atoms with Crippen LogP contribution in [0.4, 0.5) is 4.39 Å². The Bertz CT molecular complexity index is 774. The van der Waals surface area contributed by atoms with Gasteiger partial charge in [-0.3, -0.25) is 9.69 Å². The molecular weight excluding hydrogens is 349 g/mol. The van der Waals surface area contributed by atoms with Crippen LogP contribution >= 0.6 is 0 Å². The number of aromatic nitrogens is 1. The molecule has 3 rings (SSSR count). The van der Waals surface area contributed by atoms with E-state index < -0.39 is 5.60 Å². The van der Waals surface area contributed by atoms with E-state index >= 15 is 0 Å². The Balaban J connectivity index is 1.56. The zero-order valence-corrected chi connectivity index (χ0v) is 16.3. The lowest BCUT2D eigenvalue weighted by atomic mass is 10.1. The molecule has 1 amide bonds. The molecule has 1 saturated heterocycles. The smallest absolute Gasteiger partial charge is 0.266 e. The summed E-state index contributed by atoms with van der Waals surface area (Å²) in [6, 6.07) is 5.71. The Hall–Kier alpha value is -2.41. The summed E-state index contributed by atoms with van der Waals surface area (Å²) in [5.41, 5.74) is 1.02. The van der Waals surface area contributed by atoms with Gasteiger partial charge in [0.2, 0.25) is 0 Å². The van der Waals surface area contributed by atoms with E-state index in [0.717, 1.165) is 36.7 Å². The van der Waals surface area contributed by atoms with Gasteiger partial charge in [-0.2, -0.15) is 0 Å². The number of rotatable bonds is 5. The van der Waals surface area contributed by atoms with E-state index in [1.165, 1.54) is 24.3 Å². The van der Waals surface area contributed by atoms with Crippen LogP contribution in [-0.2, 0) is 11.3 Å². The average Bonchev–Trinajstić information content (AvgIpc) is 2.95. The van der Waals surface area contributed by atoms with E-state index in [-0.39, 0.29) is 11.7 Å². The molecule has 0 radical (unpaired) electrons. The zero-order chi connectivity index (χ0) is 19.6. The van der Waals surface area contributed by atoms with Crippen molar-refractivity contribution in [2.24, 2.45) is 0 Å². The maximum atomic E-state index is 13.0. The number of hydrogen-bond donors (Lipinski definition) is 0. The molecule has 0 bridgehead atoms. The van der Waals surface area contributed by atoms with Gasteiger partial charge in [0.05, 0.1) is 5.69 Å². The van der Waals surface area contributed by atoms with E-state index in [9.17, 15) is 9.18 Å². The van der Waals surface area contributed by atoms with Crippen molar-refractivity contribution in [2.45, 2.75) is 39.8 Å². The molecule has 0 N–H and O–H groups in total. The topological polar surface area (TPSA) is 58.8 Å². The normalized spacial score (nSPS) is 15.8. The molecule has 1 fully saturated rings. The van der Waals surface area contributed by atoms with E-state index in [1.807, 2.05) is 18.7 Å². The van der Waals surface area contributed by atoms with Gasteiger partial charge in [-0.25, -0.2) is 4.39 Å². The van der Waals surface area contributed by atoms with Gasteiger partial charge >= 0.3 is 0 Å². The summed E-state index contributed by atoms with van der Waals surface area (Å²) in [5, 5.41) is 4.00. The van der Waals surface area contributed by atoms with E-state index in [4.69, 9.17) is 9.26 Å². The molecule has 1 aliphatic rings. The molecule has 2 heterocycles. The molecule has 6 nitrogen and oxygen atoms in total. The fourth-order valence-electron chi connectivity index (χ4n) is 3.28. The Kier molecular flexibility index (Phi) is 5.51. The SMILES string of the molecule is Cc1noc(C)c1CN1CCN(C(=O)C(C)(C)Oc2ccc(F)cc2)CC1. The van der Waals surface area contributed by atoms with Crippen molar-refractivity contribution in [3.63, 3.8) is 0 Å². The fraction of sp³-hybridized carbons (Fsp3) is 0.500. The molecule has 27 heavy (non-hydrogen) atoms. The van der Waals surface area contributed by atoms with Crippen LogP contribution in [0.5, 0.6) is 5.75 Å². The summed E-state index contributed by atoms with van der Waals surface area (Å²) in [5.74, 6) is 0.927. The van der Waals surface area contributed by atoms with Gasteiger partial charge in [0.25, 0.3) is 5.91 Å². The molecule has 0 atom stereocenters. The Labute approximate surface area is 158 Å². The third-order valence-electron chi connectivity index (χ3n) is 4.92. The highest BCUT2D eigenvalue weighted by atomic mass is 19.1. The first-order valence-corrected chi connectivity index (χ1v) is 9.14. The number of benzene rings is 1. The minimum Gasteiger partial charge on any atom is -0.478 e. The van der Waals surface area contributed by atoms with E-state index in [0.29, 0.717) is 18.8 Å². The number of carbonyl (C=O) groups is 1. The molecule has 146 valence electrons. The first kappa shape index (κ1) is 19.4. The van der Waals surface area contributed by atoms with Crippen LogP contribution < -0.4 is 4.74 Å². The highest BCUT2D eigenvalue weighted by molar-refractivity contribution is 5.85. The van der Waals surface area contributed by atoms with Gasteiger partial charge in [0, 0.05) is 38.3 Å². The first-order chi connectivity index (χ1) is 12.8. The summed E-state index contributed by atoms with van der Waals surface area (Å²) in [7, 11) is 0. The lowest BCUT2D eigenvalue weighted by Crippen LogP contribution is -2.55. The lowest BCUT2D eigenvalue weighted by molar-refractivity contribution is -0.147. The predicted octanol–water partition coefficient (Wildman–Crippen LogP) is 2.93. The van der Waals surface area contributed by atoms with Crippen molar-refractivity contribution in [3.05, 3.63) is 47.1 Å². The minimum atomic E-state index is -1.01. The molecule has 2 aromatic rings. The molecule has 0 aliphatic carbocycles. The van der Waals surface area contributed by atoms with Gasteiger partial charge in [-0.15, -0.1) is 0 Å². The monoisotopic (exact) mass is 375 g/mol. The summed E-state index contributed by atoms with van der Waals surface area (Å²) >= 11 is 0. The van der Waals surface area contributed by atoms with Crippen molar-refractivity contribution in [3.8, 4) is 5.75 Å². The summed E-state index contributed by atoms with van der Waals surface area (Å²) in [4.78, 5) is 17.0. The highest BCUT2D eigenvalue weighted by Gasteiger charge is 2.35. The summed E-state index contributed by atoms with van der Waals surface area (Å²) < 4.78 is 24.1. The van der Waals surface area contributed by atoms with Crippen LogP contribution in [0.3, 0.4) is 0 Å². The molecule has 0 saturated carbocycles. The lowest BCUT2D eigenvalue weighted by Gasteiger charge is -2.38. The van der Waals surface area contributed by atoms with Crippen LogP contribution in [-0.4, -0.2) is 52.6 Å². The third kappa shape index (κ3) is 4.47. The predicted molar refractivity (Wildman–Crippen MR) is 98.9 cm³/mol. The van der Waals surface area contributed by atoms with E-state index in [2.05, 4.69) is 10.1 Å². The van der Waals surface area contributed by atoms with Gasteiger partial charge in [-0.1, -0.05) is 5.16 Å². The molecule has 0 unspecified atom stereocenters. The maximum absolute atomic E-state index is 13.0. The molecule has 1 aromatic carbocycles. The maximum Gasteiger partial charge on any atom is 0.266 e. The van der Waals surface area contributed by atoms with Gasteiger partial charge in [0.15, 0.2) is 5.60 Å². The van der Waals surface area contributed by atoms with Crippen molar-refractivity contribution >= 4 is 5.91 Å². The second kappa shape index (κ2) is 7.68. The second-order valence-electron chi connectivity index (χ2n) is 7.44. The Morgan fingerprint density at radius 2 is 1.81 bits per heavy atom. The van der Waals surface area contributed by atoms with Crippen molar-refractivity contribution in [2.75, 3.05) is 26.2 Å². The van der Waals surface area contributed by atoms with Crippen LogP contribution in [0, 0.1) is 19.7 Å². The summed E-state index contributed by atoms with van der Waals surface area (Å²) in [6.07, 6.45) is 0. The van der Waals surface area contributed by atoms with Gasteiger partial charge in [-0.05, 0) is 52.0 Å². The second-order valence-corrected chi connectivity index (χ2v) is 7.44. The fourth-order valence-corrected chi connectivity index (χ4v) is 3.28. The van der Waals surface area contributed by atoms with Gasteiger partial charge < -0.3 is 14.2 Å². The number of hydrogen-bond acceptors (Lipinski definition) is 5. The molecule has 1 aromatic heterocycles. The quantitative estimate of drug-likeness (QED) is 0.804. The number of amides is 1. The van der Waals surface area contributed by atoms with Crippen molar-refractivity contribution in [1.82, 2.24) is 15.0 Å². The minimum absolute atomic E-state index is 0.0659. The standard InChI is InChI=1S/C20H26FN3O3/c1-14-18(15(2)27-22-14)13-23-9-11-24(12-10-23)19(25)20(3,4)26-17-7-5-16(21)6-8-17/h5-8H,9-13H2,1-4H3. The molecular formula is C20H26FN3O3. The van der Waals surface area contributed by atoms with Crippen molar-refractivity contribution < 1.29 is 18.4 Å². The van der Waals surface area contributed by atoms with Crippen LogP contribution in [0.1, 0.15) is 30.9 Å². The number of piperazine rings is 1. The highest BCUT2D eigenvalue weighted by Crippen LogP contribution is 2.22. The number of halogens is 1. The number of carbonyl (C=O) groups excluding carboxylic acids is 1. The molecule has 1 aliphatic heterocycles.